The molecule has 1 radical (unpaired) electrons. The van der Waals surface area contributed by atoms with Crippen LogP contribution in [0.2, 0.25) is 0 Å². The minimum atomic E-state index is -0.625. The molecule has 0 aromatic rings. The molecule has 3 N–H and O–H groups in total. The van der Waals surface area contributed by atoms with Crippen LogP contribution in [0.25, 0.3) is 0 Å². The van der Waals surface area contributed by atoms with E-state index in [1.807, 2.05) is 0 Å². The van der Waals surface area contributed by atoms with E-state index in [9.17, 15) is 0 Å². The Labute approximate surface area is 42.5 Å². The summed E-state index contributed by atoms with van der Waals surface area (Å²) in [6.07, 6.45) is 0. The first-order valence-electron chi connectivity index (χ1n) is 2.32. The van der Waals surface area contributed by atoms with Crippen LogP contribution in [0.5, 0.6) is 0 Å². The highest BCUT2D eigenvalue weighted by Crippen LogP contribution is 2.07. The summed E-state index contributed by atoms with van der Waals surface area (Å²) in [6.45, 7) is 1.41. The molecule has 1 rings (SSSR count). The standard InChI is InChI=1S/C4H9N2O/c5-1-4(7)2-6-3-4/h7H,1-3,5H2. The lowest BCUT2D eigenvalue weighted by molar-refractivity contribution is -0.00359. The second-order valence-electron chi connectivity index (χ2n) is 1.97. The van der Waals surface area contributed by atoms with E-state index in [0.29, 0.717) is 19.6 Å². The van der Waals surface area contributed by atoms with Gasteiger partial charge in [-0.05, 0) is 0 Å². The summed E-state index contributed by atoms with van der Waals surface area (Å²) in [4.78, 5) is 0. The predicted molar refractivity (Wildman–Crippen MR) is 25.9 cm³/mol. The van der Waals surface area contributed by atoms with Crippen LogP contribution < -0.4 is 11.1 Å². The lowest BCUT2D eigenvalue weighted by Crippen LogP contribution is -2.59. The lowest BCUT2D eigenvalue weighted by atomic mass is 9.98. The molecular weight excluding hydrogens is 92.1 g/mol. The predicted octanol–water partition coefficient (Wildman–Crippen LogP) is -1.71. The van der Waals surface area contributed by atoms with Crippen LogP contribution >= 0.6 is 0 Å². The van der Waals surface area contributed by atoms with Crippen molar-refractivity contribution in [2.45, 2.75) is 5.60 Å². The Morgan fingerprint density at radius 2 is 2.29 bits per heavy atom. The number of rotatable bonds is 1. The molecule has 0 aliphatic carbocycles. The molecule has 41 valence electrons. The fraction of sp³-hybridized carbons (Fsp3) is 1.00. The maximum Gasteiger partial charge on any atom is 0.105 e. The van der Waals surface area contributed by atoms with Gasteiger partial charge in [0, 0.05) is 19.6 Å². The summed E-state index contributed by atoms with van der Waals surface area (Å²) < 4.78 is 0. The Morgan fingerprint density at radius 1 is 1.71 bits per heavy atom. The van der Waals surface area contributed by atoms with E-state index in [0.717, 1.165) is 0 Å². The Morgan fingerprint density at radius 3 is 2.29 bits per heavy atom. The fourth-order valence-corrected chi connectivity index (χ4v) is 0.499. The van der Waals surface area contributed by atoms with Gasteiger partial charge < -0.3 is 10.8 Å². The van der Waals surface area contributed by atoms with Crippen molar-refractivity contribution in [3.05, 3.63) is 0 Å². The fourth-order valence-electron chi connectivity index (χ4n) is 0.499. The quantitative estimate of drug-likeness (QED) is 0.413. The number of hydrogen-bond acceptors (Lipinski definition) is 2. The summed E-state index contributed by atoms with van der Waals surface area (Å²) >= 11 is 0. The van der Waals surface area contributed by atoms with Gasteiger partial charge in [-0.2, -0.15) is 0 Å². The van der Waals surface area contributed by atoms with Crippen molar-refractivity contribution >= 4 is 0 Å². The maximum atomic E-state index is 9.00. The Bertz CT molecular complexity index is 64.6. The molecule has 0 unspecified atom stereocenters. The van der Waals surface area contributed by atoms with Gasteiger partial charge >= 0.3 is 0 Å². The molecule has 1 aliphatic rings. The second kappa shape index (κ2) is 1.43. The molecule has 3 nitrogen and oxygen atoms in total. The molecule has 0 atom stereocenters. The van der Waals surface area contributed by atoms with Gasteiger partial charge in [0.15, 0.2) is 0 Å². The van der Waals surface area contributed by atoms with E-state index in [2.05, 4.69) is 5.32 Å². The molecule has 0 aromatic carbocycles. The number of nitrogens with two attached hydrogens (primary N) is 1. The van der Waals surface area contributed by atoms with Gasteiger partial charge in [0.05, 0.1) is 0 Å². The van der Waals surface area contributed by atoms with Gasteiger partial charge in [-0.15, -0.1) is 0 Å². The highest BCUT2D eigenvalue weighted by molar-refractivity contribution is 4.92. The van der Waals surface area contributed by atoms with Crippen molar-refractivity contribution in [2.24, 2.45) is 5.73 Å². The molecule has 1 aliphatic heterocycles. The molecule has 1 saturated heterocycles. The zero-order valence-electron chi connectivity index (χ0n) is 4.09. The number of hydrogen-bond donors (Lipinski definition) is 2. The number of aliphatic hydroxyl groups is 1. The maximum absolute atomic E-state index is 9.00. The SMILES string of the molecule is NCC1(O)C[N]C1. The summed E-state index contributed by atoms with van der Waals surface area (Å²) in [6, 6.07) is 0. The molecule has 0 bridgehead atoms. The Balaban J connectivity index is 2.29. The van der Waals surface area contributed by atoms with Crippen molar-refractivity contribution < 1.29 is 5.11 Å². The van der Waals surface area contributed by atoms with Crippen molar-refractivity contribution in [1.29, 1.82) is 0 Å². The first-order chi connectivity index (χ1) is 3.27. The minimum absolute atomic E-state index is 0.344. The highest BCUT2D eigenvalue weighted by Gasteiger charge is 2.33. The van der Waals surface area contributed by atoms with Gasteiger partial charge in [0.1, 0.15) is 5.60 Å². The average Bonchev–Trinajstić information content (AvgIpc) is 1.61. The Kier molecular flexibility index (Phi) is 1.03. The van der Waals surface area contributed by atoms with Gasteiger partial charge in [-0.25, -0.2) is 5.32 Å². The van der Waals surface area contributed by atoms with Crippen LogP contribution in [-0.2, 0) is 0 Å². The van der Waals surface area contributed by atoms with Gasteiger partial charge in [-0.3, -0.25) is 0 Å². The number of nitrogens with zero attached hydrogens (tertiary/aromatic N) is 1. The molecule has 0 spiro atoms. The lowest BCUT2D eigenvalue weighted by Gasteiger charge is -2.34. The van der Waals surface area contributed by atoms with Crippen molar-refractivity contribution in [3.63, 3.8) is 0 Å². The third kappa shape index (κ3) is 0.748. The van der Waals surface area contributed by atoms with Crippen LogP contribution in [0.4, 0.5) is 0 Å². The zero-order chi connectivity index (χ0) is 5.33. The molecule has 1 fully saturated rings. The Hall–Kier alpha value is -0.120. The molecule has 0 aromatic heterocycles. The van der Waals surface area contributed by atoms with Gasteiger partial charge in [-0.1, -0.05) is 0 Å². The van der Waals surface area contributed by atoms with Crippen molar-refractivity contribution in [1.82, 2.24) is 5.32 Å². The topological polar surface area (TPSA) is 60.4 Å². The van der Waals surface area contributed by atoms with Crippen LogP contribution in [-0.4, -0.2) is 30.3 Å². The second-order valence-corrected chi connectivity index (χ2v) is 1.97. The van der Waals surface area contributed by atoms with Crippen molar-refractivity contribution in [2.75, 3.05) is 19.6 Å². The molecule has 1 heterocycles. The smallest absolute Gasteiger partial charge is 0.105 e. The minimum Gasteiger partial charge on any atom is -0.386 e. The third-order valence-electron chi connectivity index (χ3n) is 1.19. The molecule has 0 amide bonds. The van der Waals surface area contributed by atoms with Crippen LogP contribution in [0.3, 0.4) is 0 Å². The van der Waals surface area contributed by atoms with Crippen LogP contribution in [0, 0.1) is 0 Å². The highest BCUT2D eigenvalue weighted by atomic mass is 16.3. The van der Waals surface area contributed by atoms with Crippen LogP contribution in [0.1, 0.15) is 0 Å². The van der Waals surface area contributed by atoms with Gasteiger partial charge in [0.2, 0.25) is 0 Å². The summed E-state index contributed by atoms with van der Waals surface area (Å²) in [7, 11) is 0. The normalized spacial score (nSPS) is 26.6. The van der Waals surface area contributed by atoms with E-state index in [1.54, 1.807) is 0 Å². The van der Waals surface area contributed by atoms with E-state index < -0.39 is 5.60 Å². The molecule has 0 saturated carbocycles. The van der Waals surface area contributed by atoms with E-state index in [1.165, 1.54) is 0 Å². The monoisotopic (exact) mass is 101 g/mol. The zero-order valence-corrected chi connectivity index (χ0v) is 4.09. The first-order valence-corrected chi connectivity index (χ1v) is 2.32. The summed E-state index contributed by atoms with van der Waals surface area (Å²) in [5.74, 6) is 0. The molecule has 3 heteroatoms. The average molecular weight is 101 g/mol. The first kappa shape index (κ1) is 5.03. The largest absolute Gasteiger partial charge is 0.386 e. The van der Waals surface area contributed by atoms with Crippen molar-refractivity contribution in [3.8, 4) is 0 Å². The van der Waals surface area contributed by atoms with E-state index in [4.69, 9.17) is 10.8 Å². The molecular formula is C4H9N2O. The molecule has 7 heavy (non-hydrogen) atoms. The summed E-state index contributed by atoms with van der Waals surface area (Å²) in [5.41, 5.74) is 4.53. The van der Waals surface area contributed by atoms with E-state index >= 15 is 0 Å². The third-order valence-corrected chi connectivity index (χ3v) is 1.19. The van der Waals surface area contributed by atoms with Gasteiger partial charge in [0.25, 0.3) is 0 Å². The summed E-state index contributed by atoms with van der Waals surface area (Å²) in [5, 5.41) is 12.8. The van der Waals surface area contributed by atoms with E-state index in [-0.39, 0.29) is 0 Å². The van der Waals surface area contributed by atoms with Crippen LogP contribution in [0.15, 0.2) is 0 Å².